The summed E-state index contributed by atoms with van der Waals surface area (Å²) in [5, 5.41) is 0. The number of hydroxylamine groups is 1. The minimum Gasteiger partial charge on any atom is -0.497 e. The predicted molar refractivity (Wildman–Crippen MR) is 69.3 cm³/mol. The molecule has 0 unspecified atom stereocenters. The summed E-state index contributed by atoms with van der Waals surface area (Å²) < 4.78 is 5.18. The number of nitrogens with zero attached hydrogens (tertiary/aromatic N) is 1. The number of ether oxygens (including phenoxy) is 1. The lowest BCUT2D eigenvalue weighted by atomic mass is 9.92. The van der Waals surface area contributed by atoms with Crippen molar-refractivity contribution in [3.05, 3.63) is 29.8 Å². The maximum Gasteiger partial charge on any atom is 0.118 e. The second-order valence-corrected chi connectivity index (χ2v) is 5.55. The molecule has 1 aromatic carbocycles. The van der Waals surface area contributed by atoms with Crippen LogP contribution in [0.2, 0.25) is 0 Å². The molecule has 2 fully saturated rings. The van der Waals surface area contributed by atoms with Crippen LogP contribution in [0.5, 0.6) is 5.75 Å². The summed E-state index contributed by atoms with van der Waals surface area (Å²) in [6.45, 7) is 6.23. The van der Waals surface area contributed by atoms with Crippen LogP contribution in [0.25, 0.3) is 0 Å². The number of rotatable bonds is 3. The number of methoxy groups -OCH3 is 1. The van der Waals surface area contributed by atoms with Gasteiger partial charge in [0, 0.05) is 25.6 Å². The van der Waals surface area contributed by atoms with Crippen LogP contribution in [0.3, 0.4) is 0 Å². The van der Waals surface area contributed by atoms with Crippen LogP contribution in [0.4, 0.5) is 0 Å². The molecule has 2 heterocycles. The Hall–Kier alpha value is -1.10. The maximum absolute atomic E-state index is 5.35. The van der Waals surface area contributed by atoms with E-state index < -0.39 is 0 Å². The second-order valence-electron chi connectivity index (χ2n) is 5.55. The van der Waals surface area contributed by atoms with Crippen molar-refractivity contribution in [1.29, 1.82) is 0 Å². The molecule has 4 heteroatoms. The lowest BCUT2D eigenvalue weighted by Crippen LogP contribution is -2.42. The summed E-state index contributed by atoms with van der Waals surface area (Å²) in [6.07, 6.45) is 0. The first-order chi connectivity index (χ1) is 8.69. The molecule has 1 N–H and O–H groups in total. The van der Waals surface area contributed by atoms with Crippen molar-refractivity contribution >= 4 is 0 Å². The molecule has 0 saturated carbocycles. The number of fused-ring (bicyclic) bond motifs is 1. The minimum atomic E-state index is 0.131. The van der Waals surface area contributed by atoms with Gasteiger partial charge in [-0.1, -0.05) is 12.1 Å². The molecular weight excluding hydrogens is 228 g/mol. The van der Waals surface area contributed by atoms with Gasteiger partial charge in [-0.3, -0.25) is 4.90 Å². The first-order valence-corrected chi connectivity index (χ1v) is 6.44. The molecule has 18 heavy (non-hydrogen) atoms. The molecule has 2 atom stereocenters. The Morgan fingerprint density at radius 2 is 2.22 bits per heavy atom. The van der Waals surface area contributed by atoms with Crippen molar-refractivity contribution in [2.45, 2.75) is 19.0 Å². The fourth-order valence-electron chi connectivity index (χ4n) is 2.94. The highest BCUT2D eigenvalue weighted by atomic mass is 16.7. The summed E-state index contributed by atoms with van der Waals surface area (Å²) >= 11 is 0. The van der Waals surface area contributed by atoms with Crippen molar-refractivity contribution in [3.63, 3.8) is 0 Å². The molecule has 2 aliphatic heterocycles. The summed E-state index contributed by atoms with van der Waals surface area (Å²) in [6, 6.07) is 8.32. The third kappa shape index (κ3) is 2.11. The molecule has 0 amide bonds. The molecule has 0 aliphatic carbocycles. The van der Waals surface area contributed by atoms with Gasteiger partial charge >= 0.3 is 0 Å². The molecule has 0 aromatic heterocycles. The molecular formula is C14H20N2O2. The van der Waals surface area contributed by atoms with Gasteiger partial charge in [-0.25, -0.2) is 0 Å². The monoisotopic (exact) mass is 248 g/mol. The zero-order valence-corrected chi connectivity index (χ0v) is 11.0. The Morgan fingerprint density at radius 1 is 1.44 bits per heavy atom. The van der Waals surface area contributed by atoms with Gasteiger partial charge in [0.25, 0.3) is 0 Å². The average Bonchev–Trinajstić information content (AvgIpc) is 2.84. The van der Waals surface area contributed by atoms with Crippen LogP contribution >= 0.6 is 0 Å². The highest BCUT2D eigenvalue weighted by molar-refractivity contribution is 5.27. The van der Waals surface area contributed by atoms with E-state index >= 15 is 0 Å². The van der Waals surface area contributed by atoms with E-state index in [1.165, 1.54) is 5.56 Å². The quantitative estimate of drug-likeness (QED) is 0.877. The first kappa shape index (κ1) is 12.0. The summed E-state index contributed by atoms with van der Waals surface area (Å²) in [4.78, 5) is 7.84. The van der Waals surface area contributed by atoms with E-state index in [0.29, 0.717) is 5.92 Å². The second kappa shape index (κ2) is 4.53. The van der Waals surface area contributed by atoms with Gasteiger partial charge in [-0.15, -0.1) is 0 Å². The number of hydrogen-bond donors (Lipinski definition) is 1. The molecule has 1 aromatic rings. The highest BCUT2D eigenvalue weighted by Gasteiger charge is 2.47. The summed E-state index contributed by atoms with van der Waals surface area (Å²) in [5.41, 5.74) is 4.63. The first-order valence-electron chi connectivity index (χ1n) is 6.44. The van der Waals surface area contributed by atoms with Crippen LogP contribution in [-0.4, -0.2) is 37.2 Å². The maximum atomic E-state index is 5.35. The zero-order valence-electron chi connectivity index (χ0n) is 11.0. The average molecular weight is 248 g/mol. The highest BCUT2D eigenvalue weighted by Crippen LogP contribution is 2.32. The van der Waals surface area contributed by atoms with E-state index in [1.807, 2.05) is 12.1 Å². The Bertz CT molecular complexity index is 420. The molecule has 2 saturated heterocycles. The van der Waals surface area contributed by atoms with Gasteiger partial charge in [0.15, 0.2) is 0 Å². The van der Waals surface area contributed by atoms with Crippen molar-refractivity contribution in [2.24, 2.45) is 5.92 Å². The van der Waals surface area contributed by atoms with Crippen LogP contribution in [0.15, 0.2) is 24.3 Å². The molecule has 3 rings (SSSR count). The van der Waals surface area contributed by atoms with Gasteiger partial charge in [-0.2, -0.15) is 5.48 Å². The number of likely N-dealkylation sites (tertiary alicyclic amines) is 1. The van der Waals surface area contributed by atoms with Gasteiger partial charge < -0.3 is 9.57 Å². The van der Waals surface area contributed by atoms with E-state index in [0.717, 1.165) is 32.0 Å². The van der Waals surface area contributed by atoms with Gasteiger partial charge in [0.05, 0.1) is 19.3 Å². The largest absolute Gasteiger partial charge is 0.497 e. The third-order valence-electron chi connectivity index (χ3n) is 4.09. The van der Waals surface area contributed by atoms with Crippen LogP contribution in [0.1, 0.15) is 12.5 Å². The number of benzene rings is 1. The van der Waals surface area contributed by atoms with Crippen molar-refractivity contribution < 1.29 is 9.57 Å². The van der Waals surface area contributed by atoms with Crippen molar-refractivity contribution in [1.82, 2.24) is 10.4 Å². The number of nitrogens with one attached hydrogen (secondary N) is 1. The van der Waals surface area contributed by atoms with Crippen LogP contribution in [-0.2, 0) is 11.4 Å². The Labute approximate surface area is 108 Å². The van der Waals surface area contributed by atoms with Crippen LogP contribution < -0.4 is 10.2 Å². The van der Waals surface area contributed by atoms with Gasteiger partial charge in [0.1, 0.15) is 5.75 Å². The van der Waals surface area contributed by atoms with Gasteiger partial charge in [-0.05, 0) is 24.6 Å². The standard InChI is InChI=1S/C14H20N2O2/c1-14-10-16(8-12(14)9-18-15-14)7-11-3-5-13(17-2)6-4-11/h3-6,12,15H,7-10H2,1-2H3/t12-,14-/m0/s1. The topological polar surface area (TPSA) is 33.7 Å². The third-order valence-corrected chi connectivity index (χ3v) is 4.09. The zero-order chi connectivity index (χ0) is 12.6. The van der Waals surface area contributed by atoms with Crippen LogP contribution in [0, 0.1) is 5.92 Å². The SMILES string of the molecule is COc1ccc(CN2C[C@H]3CON[C@@]3(C)C2)cc1. The predicted octanol–water partition coefficient (Wildman–Crippen LogP) is 1.42. The Balaban J connectivity index is 1.64. The Morgan fingerprint density at radius 3 is 2.89 bits per heavy atom. The minimum absolute atomic E-state index is 0.131. The molecule has 0 bridgehead atoms. The van der Waals surface area contributed by atoms with Gasteiger partial charge in [0.2, 0.25) is 0 Å². The van der Waals surface area contributed by atoms with E-state index in [9.17, 15) is 0 Å². The van der Waals surface area contributed by atoms with E-state index in [-0.39, 0.29) is 5.54 Å². The fourth-order valence-corrected chi connectivity index (χ4v) is 2.94. The normalized spacial score (nSPS) is 31.6. The van der Waals surface area contributed by atoms with E-state index in [4.69, 9.17) is 9.57 Å². The van der Waals surface area contributed by atoms with Crippen molar-refractivity contribution in [3.8, 4) is 5.75 Å². The molecule has 0 radical (unpaired) electrons. The van der Waals surface area contributed by atoms with E-state index in [1.54, 1.807) is 7.11 Å². The number of hydrogen-bond acceptors (Lipinski definition) is 4. The lowest BCUT2D eigenvalue weighted by molar-refractivity contribution is 0.0522. The lowest BCUT2D eigenvalue weighted by Gasteiger charge is -2.22. The molecule has 0 spiro atoms. The molecule has 2 aliphatic rings. The fraction of sp³-hybridized carbons (Fsp3) is 0.571. The summed E-state index contributed by atoms with van der Waals surface area (Å²) in [7, 11) is 1.70. The van der Waals surface area contributed by atoms with E-state index in [2.05, 4.69) is 29.4 Å². The molecule has 98 valence electrons. The Kier molecular flexibility index (Phi) is 3.01. The molecule has 4 nitrogen and oxygen atoms in total. The summed E-state index contributed by atoms with van der Waals surface area (Å²) in [5.74, 6) is 1.52. The van der Waals surface area contributed by atoms with Crippen molar-refractivity contribution in [2.75, 3.05) is 26.8 Å². The smallest absolute Gasteiger partial charge is 0.118 e.